The number of fused-ring (bicyclic) bond motifs is 2. The van der Waals surface area contributed by atoms with Crippen LogP contribution in [0.2, 0.25) is 0 Å². The van der Waals surface area contributed by atoms with Crippen molar-refractivity contribution < 1.29 is 14.7 Å². The SMILES string of the molecule is C[C@]1(C(=O)[O-])[C@@H]2C=C[C@H](C2)[C@@H]1C(=O)NCc1ccccc1. The molecule has 4 atom stereocenters. The molecule has 0 radical (unpaired) electrons. The zero-order valence-electron chi connectivity index (χ0n) is 11.9. The molecule has 0 aliphatic heterocycles. The lowest BCUT2D eigenvalue weighted by molar-refractivity contribution is -0.321. The van der Waals surface area contributed by atoms with E-state index in [0.29, 0.717) is 6.54 Å². The van der Waals surface area contributed by atoms with Gasteiger partial charge >= 0.3 is 0 Å². The fraction of sp³-hybridized carbons (Fsp3) is 0.412. The third-order valence-electron chi connectivity index (χ3n) is 4.99. The van der Waals surface area contributed by atoms with Gasteiger partial charge in [-0.1, -0.05) is 49.4 Å². The minimum atomic E-state index is -1.13. The molecule has 1 saturated carbocycles. The van der Waals surface area contributed by atoms with Gasteiger partial charge in [-0.25, -0.2) is 0 Å². The molecule has 1 N–H and O–H groups in total. The molecule has 1 aromatic carbocycles. The van der Waals surface area contributed by atoms with E-state index in [0.717, 1.165) is 12.0 Å². The molecular formula is C17H18NO3-. The zero-order chi connectivity index (χ0) is 15.0. The molecule has 1 amide bonds. The van der Waals surface area contributed by atoms with Crippen molar-refractivity contribution in [2.24, 2.45) is 23.2 Å². The van der Waals surface area contributed by atoms with E-state index in [1.54, 1.807) is 6.92 Å². The number of hydrogen-bond donors (Lipinski definition) is 1. The maximum Gasteiger partial charge on any atom is 0.224 e. The van der Waals surface area contributed by atoms with Crippen LogP contribution in [0.15, 0.2) is 42.5 Å². The fourth-order valence-electron chi connectivity index (χ4n) is 3.73. The summed E-state index contributed by atoms with van der Waals surface area (Å²) in [5, 5.41) is 14.4. The van der Waals surface area contributed by atoms with E-state index in [1.807, 2.05) is 42.5 Å². The van der Waals surface area contributed by atoms with Crippen LogP contribution < -0.4 is 10.4 Å². The molecule has 2 bridgehead atoms. The normalized spacial score (nSPS) is 33.1. The van der Waals surface area contributed by atoms with Gasteiger partial charge < -0.3 is 15.2 Å². The summed E-state index contributed by atoms with van der Waals surface area (Å²) in [5.41, 5.74) is -0.0973. The Hall–Kier alpha value is -2.10. The predicted octanol–water partition coefficient (Wildman–Crippen LogP) is 0.881. The van der Waals surface area contributed by atoms with Crippen LogP contribution in [0, 0.1) is 23.2 Å². The first-order valence-corrected chi connectivity index (χ1v) is 7.25. The summed E-state index contributed by atoms with van der Waals surface area (Å²) in [5.74, 6) is -1.95. The molecule has 0 saturated heterocycles. The van der Waals surface area contributed by atoms with Gasteiger partial charge in [-0.15, -0.1) is 0 Å². The van der Waals surface area contributed by atoms with Crippen LogP contribution in [0.1, 0.15) is 18.9 Å². The Morgan fingerprint density at radius 2 is 2.00 bits per heavy atom. The van der Waals surface area contributed by atoms with Crippen LogP contribution in [-0.4, -0.2) is 11.9 Å². The molecule has 2 aliphatic carbocycles. The number of rotatable bonds is 4. The molecule has 0 heterocycles. The summed E-state index contributed by atoms with van der Waals surface area (Å²) in [6.45, 7) is 2.06. The van der Waals surface area contributed by atoms with Crippen LogP contribution in [0.3, 0.4) is 0 Å². The van der Waals surface area contributed by atoms with Crippen molar-refractivity contribution in [1.29, 1.82) is 0 Å². The van der Waals surface area contributed by atoms with E-state index in [1.165, 1.54) is 0 Å². The van der Waals surface area contributed by atoms with Crippen molar-refractivity contribution in [2.75, 3.05) is 0 Å². The van der Waals surface area contributed by atoms with Crippen molar-refractivity contribution in [3.8, 4) is 0 Å². The molecule has 3 rings (SSSR count). The van der Waals surface area contributed by atoms with E-state index < -0.39 is 17.3 Å². The number of carbonyl (C=O) groups excluding carboxylic acids is 2. The minimum Gasteiger partial charge on any atom is -0.550 e. The number of benzene rings is 1. The van der Waals surface area contributed by atoms with Gasteiger partial charge in [0.15, 0.2) is 0 Å². The first-order valence-electron chi connectivity index (χ1n) is 7.25. The summed E-state index contributed by atoms with van der Waals surface area (Å²) in [7, 11) is 0. The lowest BCUT2D eigenvalue weighted by Gasteiger charge is -2.38. The summed E-state index contributed by atoms with van der Waals surface area (Å²) in [6.07, 6.45) is 4.62. The van der Waals surface area contributed by atoms with Crippen LogP contribution in [0.25, 0.3) is 0 Å². The van der Waals surface area contributed by atoms with Crippen molar-refractivity contribution in [1.82, 2.24) is 5.32 Å². The standard InChI is InChI=1S/C17H19NO3/c1-17(16(20)21)13-8-7-12(9-13)14(17)15(19)18-10-11-5-3-2-4-6-11/h2-8,12-14H,9-10H2,1H3,(H,18,19)(H,20,21)/p-1/t12-,13-,14-,17+/m1/s1. The Bertz CT molecular complexity index is 595. The summed E-state index contributed by atoms with van der Waals surface area (Å²) < 4.78 is 0. The van der Waals surface area contributed by atoms with Gasteiger partial charge in [-0.3, -0.25) is 4.79 Å². The van der Waals surface area contributed by atoms with E-state index in [2.05, 4.69) is 5.32 Å². The Labute approximate surface area is 123 Å². The number of allylic oxidation sites excluding steroid dienone is 2. The molecule has 1 aromatic rings. The second-order valence-corrected chi connectivity index (χ2v) is 6.14. The number of carboxylic acid groups (broad SMARTS) is 1. The molecule has 4 nitrogen and oxygen atoms in total. The molecule has 0 aromatic heterocycles. The number of hydrogen-bond acceptors (Lipinski definition) is 3. The number of aliphatic carboxylic acids is 1. The van der Waals surface area contributed by atoms with Gasteiger partial charge in [-0.05, 0) is 23.8 Å². The van der Waals surface area contributed by atoms with Gasteiger partial charge in [0, 0.05) is 17.9 Å². The van der Waals surface area contributed by atoms with E-state index >= 15 is 0 Å². The highest BCUT2D eigenvalue weighted by Gasteiger charge is 2.56. The topological polar surface area (TPSA) is 69.2 Å². The molecule has 110 valence electrons. The van der Waals surface area contributed by atoms with Crippen molar-refractivity contribution in [3.05, 3.63) is 48.0 Å². The average molecular weight is 284 g/mol. The van der Waals surface area contributed by atoms with E-state index in [-0.39, 0.29) is 17.7 Å². The van der Waals surface area contributed by atoms with Crippen molar-refractivity contribution in [2.45, 2.75) is 19.9 Å². The Morgan fingerprint density at radius 1 is 1.29 bits per heavy atom. The number of amides is 1. The quantitative estimate of drug-likeness (QED) is 0.835. The van der Waals surface area contributed by atoms with Gasteiger partial charge in [0.2, 0.25) is 5.91 Å². The minimum absolute atomic E-state index is 0.00803. The largest absolute Gasteiger partial charge is 0.550 e. The summed E-state index contributed by atoms with van der Waals surface area (Å²) in [6, 6.07) is 9.59. The highest BCUT2D eigenvalue weighted by molar-refractivity contribution is 5.88. The highest BCUT2D eigenvalue weighted by Crippen LogP contribution is 2.55. The molecule has 4 heteroatoms. The van der Waals surface area contributed by atoms with Crippen molar-refractivity contribution in [3.63, 3.8) is 0 Å². The van der Waals surface area contributed by atoms with Crippen LogP contribution in [0.4, 0.5) is 0 Å². The van der Waals surface area contributed by atoms with Gasteiger partial charge in [0.25, 0.3) is 0 Å². The van der Waals surface area contributed by atoms with Crippen LogP contribution in [0.5, 0.6) is 0 Å². The Kier molecular flexibility index (Phi) is 3.32. The molecule has 2 aliphatic rings. The first-order chi connectivity index (χ1) is 10.0. The fourth-order valence-corrected chi connectivity index (χ4v) is 3.73. The number of carbonyl (C=O) groups is 2. The second kappa shape index (κ2) is 5.02. The van der Waals surface area contributed by atoms with Gasteiger partial charge in [-0.2, -0.15) is 0 Å². The van der Waals surface area contributed by atoms with E-state index in [4.69, 9.17) is 0 Å². The van der Waals surface area contributed by atoms with Crippen LogP contribution in [-0.2, 0) is 16.1 Å². The summed E-state index contributed by atoms with van der Waals surface area (Å²) >= 11 is 0. The average Bonchev–Trinajstić information content (AvgIpc) is 3.05. The van der Waals surface area contributed by atoms with Gasteiger partial charge in [0.1, 0.15) is 0 Å². The monoisotopic (exact) mass is 284 g/mol. The molecule has 0 unspecified atom stereocenters. The molecular weight excluding hydrogens is 266 g/mol. The second-order valence-electron chi connectivity index (χ2n) is 6.14. The molecule has 0 spiro atoms. The smallest absolute Gasteiger partial charge is 0.224 e. The molecule has 21 heavy (non-hydrogen) atoms. The molecule has 1 fully saturated rings. The first kappa shape index (κ1) is 13.9. The maximum atomic E-state index is 12.5. The highest BCUT2D eigenvalue weighted by atomic mass is 16.4. The maximum absolute atomic E-state index is 12.5. The lowest BCUT2D eigenvalue weighted by atomic mass is 9.69. The zero-order valence-corrected chi connectivity index (χ0v) is 11.9. The third-order valence-corrected chi connectivity index (χ3v) is 4.99. The predicted molar refractivity (Wildman–Crippen MR) is 75.6 cm³/mol. The van der Waals surface area contributed by atoms with E-state index in [9.17, 15) is 14.7 Å². The number of nitrogens with one attached hydrogen (secondary N) is 1. The van der Waals surface area contributed by atoms with Crippen LogP contribution >= 0.6 is 0 Å². The summed E-state index contributed by atoms with van der Waals surface area (Å²) in [4.78, 5) is 24.1. The van der Waals surface area contributed by atoms with Crippen molar-refractivity contribution >= 4 is 11.9 Å². The third kappa shape index (κ3) is 2.15. The Balaban J connectivity index is 1.75. The van der Waals surface area contributed by atoms with Gasteiger partial charge in [0.05, 0.1) is 5.92 Å². The number of carboxylic acids is 1. The lowest BCUT2D eigenvalue weighted by Crippen LogP contribution is -2.52. The Morgan fingerprint density at radius 3 is 2.67 bits per heavy atom.